The lowest BCUT2D eigenvalue weighted by Crippen LogP contribution is -2.30. The van der Waals surface area contributed by atoms with Gasteiger partial charge in [-0.2, -0.15) is 0 Å². The van der Waals surface area contributed by atoms with Gasteiger partial charge in [-0.25, -0.2) is 14.8 Å². The van der Waals surface area contributed by atoms with Crippen molar-refractivity contribution in [1.82, 2.24) is 15.3 Å². The van der Waals surface area contributed by atoms with E-state index < -0.39 is 0 Å². The van der Waals surface area contributed by atoms with Gasteiger partial charge in [-0.3, -0.25) is 0 Å². The van der Waals surface area contributed by atoms with Gasteiger partial charge in [0.2, 0.25) is 0 Å². The van der Waals surface area contributed by atoms with Crippen LogP contribution in [0.3, 0.4) is 0 Å². The molecule has 0 spiro atoms. The SMILES string of the molecule is Cc1nc(CCNC(=O)Nc2ccc(N(C)C)nc2)cs1. The van der Waals surface area contributed by atoms with Crippen LogP contribution in [0, 0.1) is 6.92 Å². The Bertz CT molecular complexity index is 594. The Morgan fingerprint density at radius 3 is 2.76 bits per heavy atom. The molecular formula is C14H19N5OS. The number of urea groups is 1. The van der Waals surface area contributed by atoms with E-state index >= 15 is 0 Å². The number of thiazole rings is 1. The number of nitrogens with zero attached hydrogens (tertiary/aromatic N) is 3. The average Bonchev–Trinajstić information content (AvgIpc) is 2.85. The smallest absolute Gasteiger partial charge is 0.319 e. The number of carbonyl (C=O) groups excluding carboxylic acids is 1. The summed E-state index contributed by atoms with van der Waals surface area (Å²) in [6, 6.07) is 3.45. The molecule has 0 unspecified atom stereocenters. The number of rotatable bonds is 5. The third kappa shape index (κ3) is 4.71. The summed E-state index contributed by atoms with van der Waals surface area (Å²) < 4.78 is 0. The van der Waals surface area contributed by atoms with Gasteiger partial charge in [0, 0.05) is 32.4 Å². The van der Waals surface area contributed by atoms with Crippen molar-refractivity contribution in [2.24, 2.45) is 0 Å². The number of pyridine rings is 1. The number of carbonyl (C=O) groups is 1. The van der Waals surface area contributed by atoms with Gasteiger partial charge in [-0.15, -0.1) is 11.3 Å². The minimum atomic E-state index is -0.235. The summed E-state index contributed by atoms with van der Waals surface area (Å²) in [4.78, 5) is 22.2. The van der Waals surface area contributed by atoms with Crippen molar-refractivity contribution in [2.75, 3.05) is 30.9 Å². The van der Waals surface area contributed by atoms with Gasteiger partial charge in [0.1, 0.15) is 5.82 Å². The molecule has 2 amide bonds. The van der Waals surface area contributed by atoms with E-state index in [4.69, 9.17) is 0 Å². The Morgan fingerprint density at radius 2 is 2.19 bits per heavy atom. The minimum Gasteiger partial charge on any atom is -0.363 e. The molecule has 0 aromatic carbocycles. The topological polar surface area (TPSA) is 70.2 Å². The zero-order valence-electron chi connectivity index (χ0n) is 12.4. The highest BCUT2D eigenvalue weighted by atomic mass is 32.1. The first kappa shape index (κ1) is 15.2. The van der Waals surface area contributed by atoms with Crippen LogP contribution in [-0.2, 0) is 6.42 Å². The number of amides is 2. The van der Waals surface area contributed by atoms with E-state index in [1.807, 2.05) is 43.4 Å². The molecule has 2 N–H and O–H groups in total. The molecule has 6 nitrogen and oxygen atoms in total. The first-order valence-electron chi connectivity index (χ1n) is 6.64. The first-order chi connectivity index (χ1) is 10.0. The van der Waals surface area contributed by atoms with Gasteiger partial charge in [0.05, 0.1) is 22.6 Å². The molecule has 2 aromatic rings. The maximum atomic E-state index is 11.7. The predicted molar refractivity (Wildman–Crippen MR) is 86.1 cm³/mol. The molecule has 2 heterocycles. The number of aryl methyl sites for hydroxylation is 1. The number of hydrogen-bond acceptors (Lipinski definition) is 5. The van der Waals surface area contributed by atoms with Crippen LogP contribution in [0.25, 0.3) is 0 Å². The van der Waals surface area contributed by atoms with E-state index in [1.54, 1.807) is 17.5 Å². The lowest BCUT2D eigenvalue weighted by atomic mass is 10.3. The van der Waals surface area contributed by atoms with Gasteiger partial charge in [0.15, 0.2) is 0 Å². The van der Waals surface area contributed by atoms with E-state index in [2.05, 4.69) is 20.6 Å². The Morgan fingerprint density at radius 1 is 1.38 bits per heavy atom. The minimum absolute atomic E-state index is 0.235. The number of hydrogen-bond donors (Lipinski definition) is 2. The van der Waals surface area contributed by atoms with Crippen molar-refractivity contribution in [2.45, 2.75) is 13.3 Å². The molecule has 0 saturated carbocycles. The third-order valence-corrected chi connectivity index (χ3v) is 3.62. The molecule has 0 aliphatic heterocycles. The molecule has 0 radical (unpaired) electrons. The van der Waals surface area contributed by atoms with Gasteiger partial charge in [-0.1, -0.05) is 0 Å². The van der Waals surface area contributed by atoms with Crippen LogP contribution in [0.2, 0.25) is 0 Å². The molecule has 21 heavy (non-hydrogen) atoms. The van der Waals surface area contributed by atoms with Crippen LogP contribution in [0.5, 0.6) is 0 Å². The summed E-state index contributed by atoms with van der Waals surface area (Å²) in [5.41, 5.74) is 1.68. The number of nitrogens with one attached hydrogen (secondary N) is 2. The van der Waals surface area contributed by atoms with Crippen molar-refractivity contribution >= 4 is 28.9 Å². The molecule has 0 saturated heterocycles. The van der Waals surface area contributed by atoms with Crippen LogP contribution in [-0.4, -0.2) is 36.6 Å². The largest absolute Gasteiger partial charge is 0.363 e. The van der Waals surface area contributed by atoms with E-state index in [9.17, 15) is 4.79 Å². The summed E-state index contributed by atoms with van der Waals surface area (Å²) in [6.07, 6.45) is 2.37. The lowest BCUT2D eigenvalue weighted by Gasteiger charge is -2.12. The van der Waals surface area contributed by atoms with Crippen molar-refractivity contribution in [3.8, 4) is 0 Å². The fourth-order valence-corrected chi connectivity index (χ4v) is 2.37. The molecule has 0 fully saturated rings. The molecule has 0 aliphatic rings. The molecule has 0 atom stereocenters. The lowest BCUT2D eigenvalue weighted by molar-refractivity contribution is 0.252. The van der Waals surface area contributed by atoms with Crippen molar-refractivity contribution < 1.29 is 4.79 Å². The summed E-state index contributed by atoms with van der Waals surface area (Å²) in [6.45, 7) is 2.52. The van der Waals surface area contributed by atoms with Crippen LogP contribution in [0.4, 0.5) is 16.3 Å². The van der Waals surface area contributed by atoms with Crippen molar-refractivity contribution in [3.05, 3.63) is 34.4 Å². The molecule has 2 aromatic heterocycles. The number of aromatic nitrogens is 2. The summed E-state index contributed by atoms with van der Waals surface area (Å²) >= 11 is 1.62. The van der Waals surface area contributed by atoms with Crippen molar-refractivity contribution in [1.29, 1.82) is 0 Å². The maximum Gasteiger partial charge on any atom is 0.319 e. The second-order valence-corrected chi connectivity index (χ2v) is 5.85. The highest BCUT2D eigenvalue weighted by Crippen LogP contribution is 2.11. The quantitative estimate of drug-likeness (QED) is 0.889. The normalized spacial score (nSPS) is 10.2. The van der Waals surface area contributed by atoms with Gasteiger partial charge < -0.3 is 15.5 Å². The van der Waals surface area contributed by atoms with Crippen LogP contribution in [0.15, 0.2) is 23.7 Å². The Balaban J connectivity index is 1.76. The Kier molecular flexibility index (Phi) is 5.10. The summed E-state index contributed by atoms with van der Waals surface area (Å²) in [5, 5.41) is 8.61. The summed E-state index contributed by atoms with van der Waals surface area (Å²) in [7, 11) is 3.84. The van der Waals surface area contributed by atoms with Gasteiger partial charge >= 0.3 is 6.03 Å². The highest BCUT2D eigenvalue weighted by Gasteiger charge is 2.04. The van der Waals surface area contributed by atoms with E-state index in [1.165, 1.54) is 0 Å². The zero-order chi connectivity index (χ0) is 15.2. The van der Waals surface area contributed by atoms with E-state index in [0.717, 1.165) is 22.9 Å². The average molecular weight is 305 g/mol. The molecule has 0 bridgehead atoms. The Labute approximate surface area is 128 Å². The zero-order valence-corrected chi connectivity index (χ0v) is 13.2. The Hall–Kier alpha value is -2.15. The fraction of sp³-hybridized carbons (Fsp3) is 0.357. The fourth-order valence-electron chi connectivity index (χ4n) is 1.73. The van der Waals surface area contributed by atoms with Crippen LogP contribution >= 0.6 is 11.3 Å². The second-order valence-electron chi connectivity index (χ2n) is 4.79. The molecule has 2 rings (SSSR count). The molecular weight excluding hydrogens is 286 g/mol. The van der Waals surface area contributed by atoms with Crippen molar-refractivity contribution in [3.63, 3.8) is 0 Å². The van der Waals surface area contributed by atoms with Crippen LogP contribution in [0.1, 0.15) is 10.7 Å². The summed E-state index contributed by atoms with van der Waals surface area (Å²) in [5.74, 6) is 0.847. The van der Waals surface area contributed by atoms with Gasteiger partial charge in [-0.05, 0) is 19.1 Å². The maximum absolute atomic E-state index is 11.7. The predicted octanol–water partition coefficient (Wildman–Crippen LogP) is 2.28. The van der Waals surface area contributed by atoms with E-state index in [-0.39, 0.29) is 6.03 Å². The van der Waals surface area contributed by atoms with Crippen LogP contribution < -0.4 is 15.5 Å². The van der Waals surface area contributed by atoms with E-state index in [0.29, 0.717) is 12.2 Å². The monoisotopic (exact) mass is 305 g/mol. The second kappa shape index (κ2) is 7.03. The highest BCUT2D eigenvalue weighted by molar-refractivity contribution is 7.09. The number of anilines is 2. The first-order valence-corrected chi connectivity index (χ1v) is 7.52. The molecule has 112 valence electrons. The standard InChI is InChI=1S/C14H19N5OS/c1-10-17-12(9-21-10)6-7-15-14(20)18-11-4-5-13(16-8-11)19(2)3/h4-5,8-9H,6-7H2,1-3H3,(H2,15,18,20). The molecule has 0 aliphatic carbocycles. The molecule has 7 heteroatoms. The van der Waals surface area contributed by atoms with Gasteiger partial charge in [0.25, 0.3) is 0 Å². The third-order valence-electron chi connectivity index (χ3n) is 2.80.